The van der Waals surface area contributed by atoms with Gasteiger partial charge in [-0.1, -0.05) is 93.6 Å². The quantitative estimate of drug-likeness (QED) is 0.252. The third-order valence-corrected chi connectivity index (χ3v) is 9.36. The molecule has 2 N–H and O–H groups in total. The van der Waals surface area contributed by atoms with Crippen LogP contribution in [0.2, 0.25) is 0 Å². The molecule has 1 fully saturated rings. The van der Waals surface area contributed by atoms with Crippen molar-refractivity contribution in [2.75, 3.05) is 6.54 Å². The van der Waals surface area contributed by atoms with Gasteiger partial charge in [0.15, 0.2) is 0 Å². The number of hydrogen-bond donors (Lipinski definition) is 2. The monoisotopic (exact) mass is 586 g/mol. The zero-order valence-corrected chi connectivity index (χ0v) is 25.4. The van der Waals surface area contributed by atoms with Crippen LogP contribution in [0.4, 0.5) is 0 Å². The van der Waals surface area contributed by atoms with Gasteiger partial charge in [0.1, 0.15) is 23.0 Å². The van der Waals surface area contributed by atoms with E-state index in [1.807, 2.05) is 97.1 Å². The van der Waals surface area contributed by atoms with Gasteiger partial charge in [-0.3, -0.25) is 9.59 Å². The van der Waals surface area contributed by atoms with E-state index in [0.29, 0.717) is 6.54 Å². The summed E-state index contributed by atoms with van der Waals surface area (Å²) in [7, 11) is 0. The molecule has 3 aliphatic rings. The van der Waals surface area contributed by atoms with Crippen LogP contribution in [-0.2, 0) is 9.59 Å². The lowest BCUT2D eigenvalue weighted by atomic mass is 9.62. The lowest BCUT2D eigenvalue weighted by Crippen LogP contribution is -2.51. The average molecular weight is 587 g/mol. The van der Waals surface area contributed by atoms with Crippen LogP contribution in [0.3, 0.4) is 0 Å². The first-order valence-electron chi connectivity index (χ1n) is 15.5. The predicted octanol–water partition coefficient (Wildman–Crippen LogP) is 7.68. The molecule has 0 bridgehead atoms. The Bertz CT molecular complexity index is 1660. The van der Waals surface area contributed by atoms with Gasteiger partial charge in [-0.25, -0.2) is 0 Å². The summed E-state index contributed by atoms with van der Waals surface area (Å²) in [5.41, 5.74) is 3.29. The Morgan fingerprint density at radius 1 is 0.636 bits per heavy atom. The van der Waals surface area contributed by atoms with Gasteiger partial charge in [-0.05, 0) is 54.4 Å². The van der Waals surface area contributed by atoms with Gasteiger partial charge in [0.2, 0.25) is 11.8 Å². The number of carbonyl (C=O) groups is 2. The fourth-order valence-electron chi connectivity index (χ4n) is 7.94. The summed E-state index contributed by atoms with van der Waals surface area (Å²) in [6, 6.07) is 31.1. The molecular formula is C38H38N2O4. The molecule has 0 spiro atoms. The number of hydrogen-bond acceptors (Lipinski definition) is 4. The number of amides is 2. The van der Waals surface area contributed by atoms with Crippen molar-refractivity contribution in [3.63, 3.8) is 0 Å². The van der Waals surface area contributed by atoms with E-state index in [0.717, 1.165) is 64.5 Å². The predicted molar refractivity (Wildman–Crippen MR) is 170 cm³/mol. The zero-order chi connectivity index (χ0) is 30.5. The van der Waals surface area contributed by atoms with Gasteiger partial charge in [0.05, 0.1) is 11.8 Å². The fraction of sp³-hybridized carbons (Fsp3) is 0.316. The van der Waals surface area contributed by atoms with Crippen LogP contribution in [0.15, 0.2) is 97.1 Å². The molecule has 0 unspecified atom stereocenters. The number of ether oxygens (including phenoxy) is 2. The van der Waals surface area contributed by atoms with Crippen molar-refractivity contribution in [3.05, 3.63) is 119 Å². The van der Waals surface area contributed by atoms with Crippen molar-refractivity contribution in [3.8, 4) is 23.0 Å². The number of para-hydroxylation sites is 4. The Morgan fingerprint density at radius 2 is 1.05 bits per heavy atom. The third-order valence-electron chi connectivity index (χ3n) is 9.36. The summed E-state index contributed by atoms with van der Waals surface area (Å²) in [5.74, 6) is 1.94. The molecule has 44 heavy (non-hydrogen) atoms. The van der Waals surface area contributed by atoms with Crippen molar-refractivity contribution in [2.45, 2.75) is 57.9 Å². The summed E-state index contributed by atoms with van der Waals surface area (Å²) in [6.07, 6.45) is 2.59. The maximum atomic E-state index is 14.1. The zero-order valence-electron chi connectivity index (χ0n) is 25.4. The first-order valence-corrected chi connectivity index (χ1v) is 15.5. The van der Waals surface area contributed by atoms with Crippen molar-refractivity contribution >= 4 is 11.8 Å². The minimum absolute atomic E-state index is 0.0148. The van der Waals surface area contributed by atoms with E-state index in [2.05, 4.69) is 31.4 Å². The van der Waals surface area contributed by atoms with Gasteiger partial charge >= 0.3 is 0 Å². The topological polar surface area (TPSA) is 76.7 Å². The van der Waals surface area contributed by atoms with Crippen LogP contribution in [0.25, 0.3) is 0 Å². The van der Waals surface area contributed by atoms with Crippen LogP contribution < -0.4 is 20.1 Å². The molecule has 0 saturated heterocycles. The highest BCUT2D eigenvalue weighted by molar-refractivity contribution is 5.90. The first-order chi connectivity index (χ1) is 21.2. The third kappa shape index (κ3) is 5.23. The van der Waals surface area contributed by atoms with Crippen LogP contribution >= 0.6 is 0 Å². The molecule has 1 aliphatic carbocycles. The van der Waals surface area contributed by atoms with Crippen LogP contribution in [0.5, 0.6) is 23.0 Å². The normalized spacial score (nSPS) is 21.8. The molecule has 2 heterocycles. The van der Waals surface area contributed by atoms with Gasteiger partial charge in [0.25, 0.3) is 0 Å². The van der Waals surface area contributed by atoms with E-state index in [-0.39, 0.29) is 28.7 Å². The van der Waals surface area contributed by atoms with E-state index < -0.39 is 11.8 Å². The second-order valence-corrected chi connectivity index (χ2v) is 13.7. The van der Waals surface area contributed by atoms with E-state index in [4.69, 9.17) is 9.47 Å². The smallest absolute Gasteiger partial charge is 0.232 e. The fourth-order valence-corrected chi connectivity index (χ4v) is 7.94. The highest BCUT2D eigenvalue weighted by Gasteiger charge is 2.44. The summed E-state index contributed by atoms with van der Waals surface area (Å²) >= 11 is 0. The highest BCUT2D eigenvalue weighted by Crippen LogP contribution is 2.48. The average Bonchev–Trinajstić information content (AvgIpc) is 3.00. The lowest BCUT2D eigenvalue weighted by Gasteiger charge is -2.47. The molecule has 1 saturated carbocycles. The number of carbonyl (C=O) groups excluding carboxylic acids is 2. The summed E-state index contributed by atoms with van der Waals surface area (Å²) in [4.78, 5) is 28.0. The SMILES string of the molecule is CC1(C)C[C@@H](NC(=O)C2c3ccccc3Oc3ccccc32)C[C@@](C)(CNC(=O)C2c3ccccc3Oc3ccccc32)C1. The molecule has 0 aromatic heterocycles. The summed E-state index contributed by atoms with van der Waals surface area (Å²) in [5, 5.41) is 6.76. The van der Waals surface area contributed by atoms with E-state index >= 15 is 0 Å². The van der Waals surface area contributed by atoms with E-state index in [1.54, 1.807) is 0 Å². The van der Waals surface area contributed by atoms with Crippen molar-refractivity contribution in [2.24, 2.45) is 10.8 Å². The molecule has 6 nitrogen and oxygen atoms in total. The Balaban J connectivity index is 1.10. The molecule has 2 amide bonds. The highest BCUT2D eigenvalue weighted by atomic mass is 16.5. The molecule has 4 aromatic carbocycles. The summed E-state index contributed by atoms with van der Waals surface area (Å²) < 4.78 is 12.3. The Kier molecular flexibility index (Phi) is 6.95. The van der Waals surface area contributed by atoms with Crippen LogP contribution in [0.1, 0.15) is 74.1 Å². The molecule has 2 aliphatic heterocycles. The maximum absolute atomic E-state index is 14.1. The molecule has 7 rings (SSSR count). The van der Waals surface area contributed by atoms with Crippen molar-refractivity contribution in [1.82, 2.24) is 10.6 Å². The van der Waals surface area contributed by atoms with Crippen LogP contribution in [0, 0.1) is 10.8 Å². The van der Waals surface area contributed by atoms with E-state index in [9.17, 15) is 9.59 Å². The Hall–Kier alpha value is -4.58. The van der Waals surface area contributed by atoms with Gasteiger partial charge < -0.3 is 20.1 Å². The number of rotatable bonds is 5. The largest absolute Gasteiger partial charge is 0.457 e. The van der Waals surface area contributed by atoms with Crippen LogP contribution in [-0.4, -0.2) is 24.4 Å². The minimum atomic E-state index is -0.444. The minimum Gasteiger partial charge on any atom is -0.457 e. The molecule has 6 heteroatoms. The molecule has 0 radical (unpaired) electrons. The van der Waals surface area contributed by atoms with Crippen molar-refractivity contribution < 1.29 is 19.1 Å². The van der Waals surface area contributed by atoms with E-state index in [1.165, 1.54) is 0 Å². The standard InChI is InChI=1S/C38H38N2O4/c1-37(2)20-24(40-36(42)34-27-14-6-10-18-31(27)44-32-19-11-7-15-28(32)34)21-38(3,22-37)23-39-35(41)33-25-12-4-8-16-29(25)43-30-17-9-5-13-26(30)33/h4-19,24,33-34H,20-23H2,1-3H3,(H,39,41)(H,40,42)/t24-,38-/m1/s1. The molecular weight excluding hydrogens is 548 g/mol. The maximum Gasteiger partial charge on any atom is 0.232 e. The van der Waals surface area contributed by atoms with Gasteiger partial charge in [-0.2, -0.15) is 0 Å². The van der Waals surface area contributed by atoms with Crippen molar-refractivity contribution in [1.29, 1.82) is 0 Å². The number of fused-ring (bicyclic) bond motifs is 4. The Morgan fingerprint density at radius 3 is 1.50 bits per heavy atom. The Labute approximate surface area is 258 Å². The molecule has 2 atom stereocenters. The summed E-state index contributed by atoms with van der Waals surface area (Å²) in [6.45, 7) is 7.27. The van der Waals surface area contributed by atoms with Gasteiger partial charge in [0, 0.05) is 34.8 Å². The molecule has 224 valence electrons. The molecule has 4 aromatic rings. The second-order valence-electron chi connectivity index (χ2n) is 13.7. The number of benzene rings is 4. The van der Waals surface area contributed by atoms with Gasteiger partial charge in [-0.15, -0.1) is 0 Å². The number of nitrogens with one attached hydrogen (secondary N) is 2. The second kappa shape index (κ2) is 10.8. The lowest BCUT2D eigenvalue weighted by molar-refractivity contribution is -0.125. The first kappa shape index (κ1) is 28.2.